The molecule has 1 aromatic heterocycles. The lowest BCUT2D eigenvalue weighted by atomic mass is 10.2. The van der Waals surface area contributed by atoms with E-state index in [1.807, 2.05) is 41.3 Å². The van der Waals surface area contributed by atoms with Crippen LogP contribution >= 0.6 is 23.2 Å². The second kappa shape index (κ2) is 6.33. The molecule has 0 bridgehead atoms. The summed E-state index contributed by atoms with van der Waals surface area (Å²) in [4.78, 5) is 10.8. The lowest BCUT2D eigenvalue weighted by Crippen LogP contribution is -2.39. The zero-order chi connectivity index (χ0) is 14.7. The van der Waals surface area contributed by atoms with Crippen LogP contribution in [0.3, 0.4) is 0 Å². The van der Waals surface area contributed by atoms with Gasteiger partial charge < -0.3 is 10.2 Å². The van der Waals surface area contributed by atoms with Gasteiger partial charge >= 0.3 is 0 Å². The monoisotopic (exact) mass is 320 g/mol. The number of nitrogens with one attached hydrogen (secondary N) is 1. The summed E-state index contributed by atoms with van der Waals surface area (Å²) in [7, 11) is 0. The topological polar surface area (TPSA) is 40.5 Å². The number of aromatic nitrogens is 1. The van der Waals surface area contributed by atoms with Gasteiger partial charge in [0.05, 0.1) is 34.5 Å². The number of aliphatic imine (C=N–C) groups is 1. The molecule has 0 radical (unpaired) electrons. The Morgan fingerprint density at radius 3 is 2.52 bits per heavy atom. The van der Waals surface area contributed by atoms with Crippen LogP contribution in [0.1, 0.15) is 5.69 Å². The molecule has 1 aliphatic heterocycles. The second-order valence-corrected chi connectivity index (χ2v) is 5.42. The fourth-order valence-corrected chi connectivity index (χ4v) is 2.83. The predicted octanol–water partition coefficient (Wildman–Crippen LogP) is 3.35. The van der Waals surface area contributed by atoms with Gasteiger partial charge in [-0.05, 0) is 24.3 Å². The highest BCUT2D eigenvalue weighted by atomic mass is 35.5. The molecule has 4 nitrogen and oxygen atoms in total. The largest absolute Gasteiger partial charge is 0.354 e. The average Bonchev–Trinajstić information content (AvgIpc) is 3.01. The van der Waals surface area contributed by atoms with E-state index in [0.717, 1.165) is 30.4 Å². The zero-order valence-electron chi connectivity index (χ0n) is 11.3. The van der Waals surface area contributed by atoms with Gasteiger partial charge in [0, 0.05) is 12.7 Å². The molecule has 2 aromatic rings. The molecule has 0 saturated carbocycles. The summed E-state index contributed by atoms with van der Waals surface area (Å²) >= 11 is 12.7. The smallest absolute Gasteiger partial charge is 0.199 e. The second-order valence-electron chi connectivity index (χ2n) is 4.61. The molecule has 108 valence electrons. The molecule has 0 fully saturated rings. The third-order valence-electron chi connectivity index (χ3n) is 3.17. The molecule has 0 unspecified atom stereocenters. The Labute approximate surface area is 133 Å². The molecule has 0 spiro atoms. The number of halogens is 2. The van der Waals surface area contributed by atoms with Crippen molar-refractivity contribution in [2.24, 2.45) is 4.99 Å². The molecule has 1 aromatic carbocycles. The Balaban J connectivity index is 2.00. The molecule has 2 heterocycles. The van der Waals surface area contributed by atoms with E-state index in [2.05, 4.69) is 15.3 Å². The summed E-state index contributed by atoms with van der Waals surface area (Å²) in [5, 5.41) is 4.45. The predicted molar refractivity (Wildman–Crippen MR) is 87.2 cm³/mol. The van der Waals surface area contributed by atoms with E-state index in [-0.39, 0.29) is 0 Å². The van der Waals surface area contributed by atoms with Gasteiger partial charge in [0.25, 0.3) is 0 Å². The van der Waals surface area contributed by atoms with Gasteiger partial charge in [0.15, 0.2) is 5.96 Å². The summed E-state index contributed by atoms with van der Waals surface area (Å²) in [5.74, 6) is 0.774. The Hall–Kier alpha value is -1.78. The van der Waals surface area contributed by atoms with Crippen molar-refractivity contribution in [3.8, 4) is 0 Å². The highest BCUT2D eigenvalue weighted by Gasteiger charge is 2.22. The van der Waals surface area contributed by atoms with Gasteiger partial charge in [-0.3, -0.25) is 9.98 Å². The highest BCUT2D eigenvalue weighted by molar-refractivity contribution is 6.40. The van der Waals surface area contributed by atoms with E-state index < -0.39 is 0 Å². The molecule has 3 rings (SSSR count). The number of para-hydroxylation sites is 1. The van der Waals surface area contributed by atoms with E-state index in [9.17, 15) is 0 Å². The minimum Gasteiger partial charge on any atom is -0.354 e. The first kappa shape index (κ1) is 14.2. The average molecular weight is 321 g/mol. The lowest BCUT2D eigenvalue weighted by molar-refractivity contribution is 0.904. The van der Waals surface area contributed by atoms with Crippen LogP contribution in [0.15, 0.2) is 47.6 Å². The molecule has 0 amide bonds. The molecular formula is C15H14Cl2N4. The Morgan fingerprint density at radius 2 is 1.90 bits per heavy atom. The van der Waals surface area contributed by atoms with Crippen molar-refractivity contribution in [1.29, 1.82) is 0 Å². The molecule has 0 atom stereocenters. The van der Waals surface area contributed by atoms with Crippen molar-refractivity contribution in [3.63, 3.8) is 0 Å². The van der Waals surface area contributed by atoms with Gasteiger partial charge in [-0.1, -0.05) is 35.3 Å². The quantitative estimate of drug-likeness (QED) is 0.942. The van der Waals surface area contributed by atoms with Crippen LogP contribution in [0, 0.1) is 0 Å². The van der Waals surface area contributed by atoms with Crippen molar-refractivity contribution in [1.82, 2.24) is 10.3 Å². The summed E-state index contributed by atoms with van der Waals surface area (Å²) in [6.45, 7) is 2.11. The Bertz CT molecular complexity index is 638. The SMILES string of the molecule is Clc1cccc(Cl)c1N(Cc1ccccn1)C1=NCCN1. The van der Waals surface area contributed by atoms with Crippen LogP contribution in [0.4, 0.5) is 5.69 Å². The van der Waals surface area contributed by atoms with Crippen molar-refractivity contribution >= 4 is 34.8 Å². The normalized spacial score (nSPS) is 13.7. The number of hydrogen-bond acceptors (Lipinski definition) is 4. The third kappa shape index (κ3) is 3.12. The summed E-state index contributed by atoms with van der Waals surface area (Å²) < 4.78 is 0. The molecule has 1 aliphatic rings. The van der Waals surface area contributed by atoms with Gasteiger partial charge in [-0.15, -0.1) is 0 Å². The first-order chi connectivity index (χ1) is 10.3. The summed E-state index contributed by atoms with van der Waals surface area (Å²) in [5.41, 5.74) is 1.67. The minimum absolute atomic E-state index is 0.552. The lowest BCUT2D eigenvalue weighted by Gasteiger charge is -2.26. The number of nitrogens with zero attached hydrogens (tertiary/aromatic N) is 3. The standard InChI is InChI=1S/C15H14Cl2N4/c16-12-5-3-6-13(17)14(12)21(15-19-8-9-20-15)10-11-4-1-2-7-18-11/h1-7H,8-10H2,(H,19,20). The third-order valence-corrected chi connectivity index (χ3v) is 3.78. The number of pyridine rings is 1. The maximum atomic E-state index is 6.34. The molecule has 6 heteroatoms. The zero-order valence-corrected chi connectivity index (χ0v) is 12.8. The first-order valence-corrected chi connectivity index (χ1v) is 7.41. The van der Waals surface area contributed by atoms with Crippen LogP contribution in [-0.4, -0.2) is 24.0 Å². The molecule has 1 N–H and O–H groups in total. The molecular weight excluding hydrogens is 307 g/mol. The van der Waals surface area contributed by atoms with Crippen molar-refractivity contribution in [2.45, 2.75) is 6.54 Å². The maximum Gasteiger partial charge on any atom is 0.199 e. The van der Waals surface area contributed by atoms with Crippen LogP contribution in [-0.2, 0) is 6.54 Å². The molecule has 21 heavy (non-hydrogen) atoms. The Morgan fingerprint density at radius 1 is 1.10 bits per heavy atom. The Kier molecular flexibility index (Phi) is 4.27. The number of hydrogen-bond donors (Lipinski definition) is 1. The van der Waals surface area contributed by atoms with E-state index >= 15 is 0 Å². The number of benzene rings is 1. The highest BCUT2D eigenvalue weighted by Crippen LogP contribution is 2.34. The van der Waals surface area contributed by atoms with Crippen molar-refractivity contribution < 1.29 is 0 Å². The van der Waals surface area contributed by atoms with Gasteiger partial charge in [-0.2, -0.15) is 0 Å². The van der Waals surface area contributed by atoms with Crippen LogP contribution in [0.5, 0.6) is 0 Å². The van der Waals surface area contributed by atoms with Gasteiger partial charge in [0.2, 0.25) is 0 Å². The van der Waals surface area contributed by atoms with Crippen molar-refractivity contribution in [3.05, 3.63) is 58.3 Å². The van der Waals surface area contributed by atoms with Gasteiger partial charge in [0.1, 0.15) is 0 Å². The summed E-state index contributed by atoms with van der Waals surface area (Å²) in [6.07, 6.45) is 1.77. The van der Waals surface area contributed by atoms with Crippen molar-refractivity contribution in [2.75, 3.05) is 18.0 Å². The number of anilines is 1. The van der Waals surface area contributed by atoms with E-state index in [4.69, 9.17) is 23.2 Å². The molecule has 0 aliphatic carbocycles. The number of rotatable bonds is 3. The van der Waals surface area contributed by atoms with E-state index in [1.54, 1.807) is 6.20 Å². The van der Waals surface area contributed by atoms with E-state index in [0.29, 0.717) is 16.6 Å². The molecule has 0 saturated heterocycles. The minimum atomic E-state index is 0.552. The van der Waals surface area contributed by atoms with Crippen LogP contribution < -0.4 is 10.2 Å². The number of guanidine groups is 1. The fraction of sp³-hybridized carbons (Fsp3) is 0.200. The van der Waals surface area contributed by atoms with Gasteiger partial charge in [-0.25, -0.2) is 0 Å². The van der Waals surface area contributed by atoms with E-state index in [1.165, 1.54) is 0 Å². The van der Waals surface area contributed by atoms with Crippen LogP contribution in [0.25, 0.3) is 0 Å². The maximum absolute atomic E-state index is 6.34. The van der Waals surface area contributed by atoms with Crippen LogP contribution in [0.2, 0.25) is 10.0 Å². The fourth-order valence-electron chi connectivity index (χ4n) is 2.23. The summed E-state index contributed by atoms with van der Waals surface area (Å²) in [6, 6.07) is 11.3. The first-order valence-electron chi connectivity index (χ1n) is 6.65.